The van der Waals surface area contributed by atoms with E-state index in [2.05, 4.69) is 15.9 Å². The van der Waals surface area contributed by atoms with Crippen molar-refractivity contribution in [3.8, 4) is 0 Å². The third-order valence-electron chi connectivity index (χ3n) is 4.44. The number of carbonyl (C=O) groups excluding carboxylic acids is 1. The molecule has 6 heteroatoms. The van der Waals surface area contributed by atoms with Gasteiger partial charge in [-0.2, -0.15) is 0 Å². The molecule has 1 aromatic carbocycles. The van der Waals surface area contributed by atoms with Crippen LogP contribution in [0.1, 0.15) is 31.2 Å². The molecule has 1 aliphatic heterocycles. The van der Waals surface area contributed by atoms with Crippen LogP contribution in [0.25, 0.3) is 0 Å². The number of rotatable bonds is 4. The monoisotopic (exact) mass is 352 g/mol. The smallest absolute Gasteiger partial charge is 0.269 e. The number of halogens is 1. The van der Waals surface area contributed by atoms with Gasteiger partial charge in [0.2, 0.25) is 5.91 Å². The zero-order chi connectivity index (χ0) is 15.0. The zero-order valence-electron chi connectivity index (χ0n) is 11.7. The zero-order valence-corrected chi connectivity index (χ0v) is 13.3. The van der Waals surface area contributed by atoms with E-state index < -0.39 is 0 Å². The van der Waals surface area contributed by atoms with Crippen LogP contribution in [0.5, 0.6) is 0 Å². The number of hydrogen-bond acceptors (Lipinski definition) is 3. The molecular weight excluding hydrogens is 336 g/mol. The van der Waals surface area contributed by atoms with E-state index in [4.69, 9.17) is 0 Å². The van der Waals surface area contributed by atoms with Gasteiger partial charge in [-0.1, -0.05) is 15.9 Å². The normalized spacial score (nSPS) is 19.9. The molecule has 1 fully saturated rings. The van der Waals surface area contributed by atoms with Crippen molar-refractivity contribution >= 4 is 33.2 Å². The molecule has 21 heavy (non-hydrogen) atoms. The first kappa shape index (κ1) is 14.5. The maximum absolute atomic E-state index is 12.4. The van der Waals surface area contributed by atoms with Gasteiger partial charge in [-0.15, -0.1) is 0 Å². The Balaban J connectivity index is 1.96. The summed E-state index contributed by atoms with van der Waals surface area (Å²) in [5, 5.41) is 11.8. The van der Waals surface area contributed by atoms with E-state index in [0.29, 0.717) is 13.0 Å². The highest BCUT2D eigenvalue weighted by Gasteiger charge is 2.44. The molecule has 0 N–H and O–H groups in total. The molecule has 3 rings (SSSR count). The van der Waals surface area contributed by atoms with Gasteiger partial charge in [-0.3, -0.25) is 14.9 Å². The minimum Gasteiger partial charge on any atom is -0.312 e. The first-order valence-electron chi connectivity index (χ1n) is 7.18. The number of amides is 1. The highest BCUT2D eigenvalue weighted by molar-refractivity contribution is 9.09. The Hall–Kier alpha value is -1.43. The summed E-state index contributed by atoms with van der Waals surface area (Å²) < 4.78 is 0. The van der Waals surface area contributed by atoms with E-state index in [-0.39, 0.29) is 21.9 Å². The molecule has 2 aliphatic rings. The van der Waals surface area contributed by atoms with E-state index in [9.17, 15) is 14.9 Å². The number of carbonyl (C=O) groups is 1. The van der Waals surface area contributed by atoms with Crippen molar-refractivity contribution < 1.29 is 9.72 Å². The van der Waals surface area contributed by atoms with Crippen LogP contribution in [0.15, 0.2) is 18.2 Å². The molecule has 0 unspecified atom stereocenters. The Bertz CT molecular complexity index is 599. The summed E-state index contributed by atoms with van der Waals surface area (Å²) in [7, 11) is 0. The fourth-order valence-electron chi connectivity index (χ4n) is 2.87. The largest absolute Gasteiger partial charge is 0.312 e. The number of non-ortho nitro benzene ring substituents is 1. The number of nitrogens with zero attached hydrogens (tertiary/aromatic N) is 2. The molecule has 1 saturated carbocycles. The average Bonchev–Trinajstić information content (AvgIpc) is 3.26. The highest BCUT2D eigenvalue weighted by atomic mass is 79.9. The van der Waals surface area contributed by atoms with Crippen molar-refractivity contribution in [2.45, 2.75) is 32.1 Å². The highest BCUT2D eigenvalue weighted by Crippen LogP contribution is 2.48. The van der Waals surface area contributed by atoms with Crippen LogP contribution in [0.4, 0.5) is 11.4 Å². The van der Waals surface area contributed by atoms with Crippen LogP contribution in [-0.4, -0.2) is 22.7 Å². The average molecular weight is 353 g/mol. The molecule has 1 aliphatic carbocycles. The van der Waals surface area contributed by atoms with Gasteiger partial charge in [-0.05, 0) is 42.7 Å². The molecule has 1 aromatic rings. The molecule has 1 heterocycles. The van der Waals surface area contributed by atoms with Gasteiger partial charge < -0.3 is 4.90 Å². The minimum absolute atomic E-state index is 0.102. The summed E-state index contributed by atoms with van der Waals surface area (Å²) in [5.41, 5.74) is 2.07. The SMILES string of the molecule is O=C1CCCc2cc([N+](=O)[O-])ccc2N1CC1(CBr)CC1. The standard InChI is InChI=1S/C15H17BrN2O3/c16-9-15(6-7-15)10-17-13-5-4-12(18(20)21)8-11(13)2-1-3-14(17)19/h4-5,8H,1-3,6-7,9-10H2. The van der Waals surface area contributed by atoms with Crippen LogP contribution >= 0.6 is 15.9 Å². The summed E-state index contributed by atoms with van der Waals surface area (Å²) in [6.45, 7) is 0.710. The number of nitro groups is 1. The van der Waals surface area contributed by atoms with E-state index in [1.165, 1.54) is 6.07 Å². The maximum atomic E-state index is 12.4. The summed E-state index contributed by atoms with van der Waals surface area (Å²) in [5.74, 6) is 0.134. The number of anilines is 1. The van der Waals surface area contributed by atoms with Gasteiger partial charge in [0.15, 0.2) is 0 Å². The molecule has 112 valence electrons. The molecule has 5 nitrogen and oxygen atoms in total. The summed E-state index contributed by atoms with van der Waals surface area (Å²) in [4.78, 5) is 24.8. The maximum Gasteiger partial charge on any atom is 0.269 e. The summed E-state index contributed by atoms with van der Waals surface area (Å²) in [6.07, 6.45) is 4.25. The number of hydrogen-bond donors (Lipinski definition) is 0. The van der Waals surface area contributed by atoms with E-state index >= 15 is 0 Å². The molecule has 0 bridgehead atoms. The quantitative estimate of drug-likeness (QED) is 0.473. The lowest BCUT2D eigenvalue weighted by Crippen LogP contribution is -2.36. The second-order valence-electron chi connectivity index (χ2n) is 6.04. The van der Waals surface area contributed by atoms with E-state index in [1.54, 1.807) is 12.1 Å². The van der Waals surface area contributed by atoms with Crippen molar-refractivity contribution in [1.82, 2.24) is 0 Å². The first-order chi connectivity index (χ1) is 10.0. The lowest BCUT2D eigenvalue weighted by molar-refractivity contribution is -0.384. The van der Waals surface area contributed by atoms with Crippen LogP contribution in [-0.2, 0) is 11.2 Å². The third kappa shape index (κ3) is 2.81. The fraction of sp³-hybridized carbons (Fsp3) is 0.533. The van der Waals surface area contributed by atoms with Gasteiger partial charge in [0, 0.05) is 36.1 Å². The molecule has 0 atom stereocenters. The lowest BCUT2D eigenvalue weighted by atomic mass is 10.1. The van der Waals surface area contributed by atoms with Gasteiger partial charge in [0.1, 0.15) is 0 Å². The Labute approximate surface area is 131 Å². The van der Waals surface area contributed by atoms with Crippen molar-refractivity contribution in [1.29, 1.82) is 0 Å². The Morgan fingerprint density at radius 3 is 2.71 bits per heavy atom. The molecule has 0 saturated heterocycles. The van der Waals surface area contributed by atoms with Crippen LogP contribution < -0.4 is 4.90 Å². The number of aryl methyl sites for hydroxylation is 1. The van der Waals surface area contributed by atoms with Crippen molar-refractivity contribution in [2.75, 3.05) is 16.8 Å². The topological polar surface area (TPSA) is 63.4 Å². The predicted molar refractivity (Wildman–Crippen MR) is 83.8 cm³/mol. The number of benzene rings is 1. The second kappa shape index (κ2) is 5.40. The van der Waals surface area contributed by atoms with Crippen LogP contribution in [0.3, 0.4) is 0 Å². The molecule has 0 radical (unpaired) electrons. The van der Waals surface area contributed by atoms with Gasteiger partial charge >= 0.3 is 0 Å². The Kier molecular flexibility index (Phi) is 3.73. The molecule has 1 amide bonds. The first-order valence-corrected chi connectivity index (χ1v) is 8.30. The third-order valence-corrected chi connectivity index (χ3v) is 5.63. The predicted octanol–water partition coefficient (Wildman–Crippen LogP) is 3.44. The lowest BCUT2D eigenvalue weighted by Gasteiger charge is -2.27. The number of fused-ring (bicyclic) bond motifs is 1. The number of alkyl halides is 1. The Morgan fingerprint density at radius 2 is 2.10 bits per heavy atom. The van der Waals surface area contributed by atoms with Gasteiger partial charge in [0.25, 0.3) is 5.69 Å². The van der Waals surface area contributed by atoms with E-state index in [1.807, 2.05) is 4.90 Å². The number of nitro benzene ring substituents is 1. The summed E-state index contributed by atoms with van der Waals surface area (Å²) >= 11 is 3.54. The van der Waals surface area contributed by atoms with Crippen LogP contribution in [0.2, 0.25) is 0 Å². The van der Waals surface area contributed by atoms with Crippen molar-refractivity contribution in [2.24, 2.45) is 5.41 Å². The summed E-state index contributed by atoms with van der Waals surface area (Å²) in [6, 6.07) is 4.85. The van der Waals surface area contributed by atoms with E-state index in [0.717, 1.165) is 42.3 Å². The minimum atomic E-state index is -0.377. The van der Waals surface area contributed by atoms with Gasteiger partial charge in [-0.25, -0.2) is 0 Å². The van der Waals surface area contributed by atoms with Crippen LogP contribution in [0, 0.1) is 15.5 Å². The second-order valence-corrected chi connectivity index (χ2v) is 6.60. The Morgan fingerprint density at radius 1 is 1.33 bits per heavy atom. The molecular formula is C15H17BrN2O3. The van der Waals surface area contributed by atoms with Gasteiger partial charge in [0.05, 0.1) is 4.92 Å². The van der Waals surface area contributed by atoms with Crippen molar-refractivity contribution in [3.63, 3.8) is 0 Å². The molecule has 0 spiro atoms. The van der Waals surface area contributed by atoms with Crippen molar-refractivity contribution in [3.05, 3.63) is 33.9 Å². The molecule has 0 aromatic heterocycles. The fourth-order valence-corrected chi connectivity index (χ4v) is 3.61.